The van der Waals surface area contributed by atoms with Gasteiger partial charge in [-0.15, -0.1) is 0 Å². The third-order valence-electron chi connectivity index (χ3n) is 3.81. The van der Waals surface area contributed by atoms with Crippen molar-refractivity contribution in [3.63, 3.8) is 0 Å². The average molecular weight is 379 g/mol. The summed E-state index contributed by atoms with van der Waals surface area (Å²) in [5, 5.41) is 3.91. The van der Waals surface area contributed by atoms with Crippen LogP contribution in [0.1, 0.15) is 13.3 Å². The molecule has 1 atom stereocenters. The van der Waals surface area contributed by atoms with Gasteiger partial charge in [-0.2, -0.15) is 0 Å². The van der Waals surface area contributed by atoms with Crippen molar-refractivity contribution in [2.75, 3.05) is 16.8 Å². The number of nitrogens with zero attached hydrogens (tertiary/aromatic N) is 1. The summed E-state index contributed by atoms with van der Waals surface area (Å²) >= 11 is 12.0. The molecule has 3 rings (SSSR count). The highest BCUT2D eigenvalue weighted by Gasteiger charge is 2.40. The summed E-state index contributed by atoms with van der Waals surface area (Å²) < 4.78 is 5.53. The number of nitrogens with one attached hydrogen (secondary N) is 1. The second-order valence-corrected chi connectivity index (χ2v) is 6.34. The average Bonchev–Trinajstić information content (AvgIpc) is 2.85. The first-order valence-electron chi connectivity index (χ1n) is 7.81. The van der Waals surface area contributed by atoms with Crippen molar-refractivity contribution < 1.29 is 14.3 Å². The van der Waals surface area contributed by atoms with Crippen molar-refractivity contribution in [2.45, 2.75) is 19.4 Å². The van der Waals surface area contributed by atoms with Gasteiger partial charge in [-0.05, 0) is 37.3 Å². The number of hydrogen-bond acceptors (Lipinski definition) is 4. The van der Waals surface area contributed by atoms with E-state index in [2.05, 4.69) is 5.32 Å². The van der Waals surface area contributed by atoms with Crippen LogP contribution >= 0.6 is 23.2 Å². The Morgan fingerprint density at radius 1 is 1.20 bits per heavy atom. The molecule has 0 aromatic heterocycles. The van der Waals surface area contributed by atoms with E-state index >= 15 is 0 Å². The minimum Gasteiger partial charge on any atom is -0.492 e. The van der Waals surface area contributed by atoms with Crippen LogP contribution in [-0.4, -0.2) is 24.5 Å². The fourth-order valence-electron chi connectivity index (χ4n) is 2.71. The van der Waals surface area contributed by atoms with E-state index in [1.807, 2.05) is 6.92 Å². The van der Waals surface area contributed by atoms with E-state index in [1.165, 1.54) is 0 Å². The van der Waals surface area contributed by atoms with Gasteiger partial charge in [0.1, 0.15) is 11.8 Å². The van der Waals surface area contributed by atoms with E-state index in [4.69, 9.17) is 27.9 Å². The van der Waals surface area contributed by atoms with Gasteiger partial charge in [0.05, 0.1) is 29.4 Å². The zero-order valence-electron chi connectivity index (χ0n) is 13.5. The van der Waals surface area contributed by atoms with Crippen LogP contribution in [0.15, 0.2) is 42.5 Å². The summed E-state index contributed by atoms with van der Waals surface area (Å²) in [7, 11) is 0. The Morgan fingerprint density at radius 3 is 2.68 bits per heavy atom. The van der Waals surface area contributed by atoms with Gasteiger partial charge in [-0.25, -0.2) is 4.90 Å². The molecule has 7 heteroatoms. The van der Waals surface area contributed by atoms with Crippen LogP contribution in [0, 0.1) is 0 Å². The number of para-hydroxylation sites is 2. The molecule has 0 radical (unpaired) electrons. The second kappa shape index (κ2) is 7.33. The number of hydrogen-bond donors (Lipinski definition) is 1. The lowest BCUT2D eigenvalue weighted by atomic mass is 10.2. The van der Waals surface area contributed by atoms with Gasteiger partial charge in [0, 0.05) is 5.02 Å². The molecule has 2 aromatic rings. The quantitative estimate of drug-likeness (QED) is 0.794. The highest BCUT2D eigenvalue weighted by atomic mass is 35.5. The van der Waals surface area contributed by atoms with Gasteiger partial charge in [-0.1, -0.05) is 35.3 Å². The van der Waals surface area contributed by atoms with Crippen LogP contribution < -0.4 is 15.0 Å². The number of imide groups is 1. The molecular weight excluding hydrogens is 363 g/mol. The van der Waals surface area contributed by atoms with Crippen LogP contribution in [0.25, 0.3) is 0 Å². The summed E-state index contributed by atoms with van der Waals surface area (Å²) in [5.74, 6) is -0.139. The number of carbonyl (C=O) groups is 2. The maximum atomic E-state index is 12.8. The normalized spacial score (nSPS) is 17.1. The highest BCUT2D eigenvalue weighted by Crippen LogP contribution is 2.34. The first-order chi connectivity index (χ1) is 12.0. The van der Waals surface area contributed by atoms with Gasteiger partial charge >= 0.3 is 0 Å². The van der Waals surface area contributed by atoms with Gasteiger partial charge < -0.3 is 10.1 Å². The third-order valence-corrected chi connectivity index (χ3v) is 4.36. The van der Waals surface area contributed by atoms with Crippen LogP contribution in [0.5, 0.6) is 5.75 Å². The Labute approximate surface area is 155 Å². The molecule has 0 bridgehead atoms. The standard InChI is InChI=1S/C18H16Cl2N2O3/c1-2-25-16-6-4-3-5-15(16)22-17(23)10-14(18(22)24)21-13-8-7-11(19)9-12(13)20/h3-9,14,21H,2,10H2,1H3. The summed E-state index contributed by atoms with van der Waals surface area (Å²) in [5.41, 5.74) is 1.00. The molecule has 1 aliphatic rings. The number of halogens is 2. The number of benzene rings is 2. The fraction of sp³-hybridized carbons (Fsp3) is 0.222. The first kappa shape index (κ1) is 17.6. The zero-order chi connectivity index (χ0) is 18.0. The monoisotopic (exact) mass is 378 g/mol. The first-order valence-corrected chi connectivity index (χ1v) is 8.57. The second-order valence-electron chi connectivity index (χ2n) is 5.49. The number of rotatable bonds is 5. The molecule has 1 aliphatic heterocycles. The summed E-state index contributed by atoms with van der Waals surface area (Å²) in [6.45, 7) is 2.28. The van der Waals surface area contributed by atoms with E-state index < -0.39 is 6.04 Å². The SMILES string of the molecule is CCOc1ccccc1N1C(=O)CC(Nc2ccc(Cl)cc2Cl)C1=O. The molecule has 2 amide bonds. The van der Waals surface area contributed by atoms with Gasteiger partial charge in [-0.3, -0.25) is 9.59 Å². The Hall–Kier alpha value is -2.24. The molecule has 1 heterocycles. The van der Waals surface area contributed by atoms with E-state index in [1.54, 1.807) is 42.5 Å². The Bertz CT molecular complexity index is 826. The molecule has 2 aromatic carbocycles. The topological polar surface area (TPSA) is 58.6 Å². The summed E-state index contributed by atoms with van der Waals surface area (Å²) in [4.78, 5) is 26.4. The summed E-state index contributed by atoms with van der Waals surface area (Å²) in [6, 6.07) is 11.2. The molecule has 1 fully saturated rings. The molecule has 25 heavy (non-hydrogen) atoms. The lowest BCUT2D eigenvalue weighted by Gasteiger charge is -2.19. The molecule has 0 aliphatic carbocycles. The molecule has 1 N–H and O–H groups in total. The minimum absolute atomic E-state index is 0.0399. The maximum Gasteiger partial charge on any atom is 0.256 e. The van der Waals surface area contributed by atoms with Gasteiger partial charge in [0.25, 0.3) is 5.91 Å². The van der Waals surface area contributed by atoms with Crippen molar-refractivity contribution in [3.05, 3.63) is 52.5 Å². The van der Waals surface area contributed by atoms with Crippen molar-refractivity contribution >= 4 is 46.4 Å². The van der Waals surface area contributed by atoms with Gasteiger partial charge in [0.2, 0.25) is 5.91 Å². The van der Waals surface area contributed by atoms with Gasteiger partial charge in [0.15, 0.2) is 0 Å². The van der Waals surface area contributed by atoms with Crippen molar-refractivity contribution in [3.8, 4) is 5.75 Å². The van der Waals surface area contributed by atoms with Crippen LogP contribution in [-0.2, 0) is 9.59 Å². The Kier molecular flexibility index (Phi) is 5.16. The van der Waals surface area contributed by atoms with E-state index in [-0.39, 0.29) is 18.2 Å². The highest BCUT2D eigenvalue weighted by molar-refractivity contribution is 6.36. The number of anilines is 2. The van der Waals surface area contributed by atoms with E-state index in [0.29, 0.717) is 33.8 Å². The lowest BCUT2D eigenvalue weighted by molar-refractivity contribution is -0.121. The van der Waals surface area contributed by atoms with Crippen LogP contribution in [0.2, 0.25) is 10.0 Å². The summed E-state index contributed by atoms with van der Waals surface area (Å²) in [6.07, 6.45) is 0.0399. The smallest absolute Gasteiger partial charge is 0.256 e. The molecule has 1 saturated heterocycles. The van der Waals surface area contributed by atoms with Crippen LogP contribution in [0.3, 0.4) is 0 Å². The van der Waals surface area contributed by atoms with E-state index in [9.17, 15) is 9.59 Å². The Balaban J connectivity index is 1.85. The fourth-order valence-corrected chi connectivity index (χ4v) is 3.17. The van der Waals surface area contributed by atoms with Crippen molar-refractivity contribution in [2.24, 2.45) is 0 Å². The number of ether oxygens (including phenoxy) is 1. The molecular formula is C18H16Cl2N2O3. The molecule has 130 valence electrons. The van der Waals surface area contributed by atoms with Crippen LogP contribution in [0.4, 0.5) is 11.4 Å². The third kappa shape index (κ3) is 3.57. The van der Waals surface area contributed by atoms with Crippen molar-refractivity contribution in [1.82, 2.24) is 0 Å². The van der Waals surface area contributed by atoms with E-state index in [0.717, 1.165) is 4.90 Å². The molecule has 5 nitrogen and oxygen atoms in total. The zero-order valence-corrected chi connectivity index (χ0v) is 15.0. The maximum absolute atomic E-state index is 12.8. The molecule has 0 spiro atoms. The number of amides is 2. The lowest BCUT2D eigenvalue weighted by Crippen LogP contribution is -2.35. The molecule has 0 saturated carbocycles. The molecule has 1 unspecified atom stereocenters. The Morgan fingerprint density at radius 2 is 1.96 bits per heavy atom. The largest absolute Gasteiger partial charge is 0.492 e. The van der Waals surface area contributed by atoms with Crippen molar-refractivity contribution in [1.29, 1.82) is 0 Å². The minimum atomic E-state index is -0.694. The predicted octanol–water partition coefficient (Wildman–Crippen LogP) is 4.14. The predicted molar refractivity (Wildman–Crippen MR) is 98.6 cm³/mol. The number of carbonyl (C=O) groups excluding carboxylic acids is 2.